The van der Waals surface area contributed by atoms with E-state index in [1.165, 1.54) is 24.8 Å². The molecule has 0 radical (unpaired) electrons. The van der Waals surface area contributed by atoms with Crippen LogP contribution in [0.2, 0.25) is 0 Å². The maximum absolute atomic E-state index is 5.21. The Kier molecular flexibility index (Phi) is 3.81. The quantitative estimate of drug-likeness (QED) is 0.890. The molecule has 1 fully saturated rings. The molecule has 3 heteroatoms. The molecule has 3 nitrogen and oxygen atoms in total. The van der Waals surface area contributed by atoms with Crippen LogP contribution >= 0.6 is 0 Å². The Hall–Kier alpha value is -0.830. The summed E-state index contributed by atoms with van der Waals surface area (Å²) in [5.41, 5.74) is 2.76. The van der Waals surface area contributed by atoms with Crippen LogP contribution in [0.4, 0.5) is 0 Å². The van der Waals surface area contributed by atoms with Gasteiger partial charge in [0, 0.05) is 18.2 Å². The van der Waals surface area contributed by atoms with Gasteiger partial charge in [-0.25, -0.2) is 0 Å². The van der Waals surface area contributed by atoms with Gasteiger partial charge in [-0.05, 0) is 44.4 Å². The molecule has 102 valence electrons. The van der Waals surface area contributed by atoms with E-state index in [2.05, 4.69) is 31.2 Å². The molecule has 1 aliphatic rings. The summed E-state index contributed by atoms with van der Waals surface area (Å²) in [6.45, 7) is 12.0. The van der Waals surface area contributed by atoms with Gasteiger partial charge in [0.05, 0.1) is 5.69 Å². The Morgan fingerprint density at radius 1 is 1.39 bits per heavy atom. The van der Waals surface area contributed by atoms with Crippen molar-refractivity contribution in [1.82, 2.24) is 10.5 Å². The van der Waals surface area contributed by atoms with E-state index in [1.54, 1.807) is 0 Å². The molecule has 1 heterocycles. The van der Waals surface area contributed by atoms with Crippen LogP contribution in [0.3, 0.4) is 0 Å². The van der Waals surface area contributed by atoms with Gasteiger partial charge in [0.1, 0.15) is 5.76 Å². The van der Waals surface area contributed by atoms with E-state index in [-0.39, 0.29) is 0 Å². The van der Waals surface area contributed by atoms with Crippen LogP contribution in [0.1, 0.15) is 57.1 Å². The highest BCUT2D eigenvalue weighted by Gasteiger charge is 2.32. The van der Waals surface area contributed by atoms with E-state index in [0.717, 1.165) is 23.9 Å². The fourth-order valence-corrected chi connectivity index (χ4v) is 3.24. The maximum atomic E-state index is 5.21. The minimum Gasteiger partial charge on any atom is -0.361 e. The van der Waals surface area contributed by atoms with Crippen LogP contribution in [-0.2, 0) is 6.54 Å². The average Bonchev–Trinajstić information content (AvgIpc) is 2.57. The first-order chi connectivity index (χ1) is 8.39. The fraction of sp³-hybridized carbons (Fsp3) is 0.800. The monoisotopic (exact) mass is 250 g/mol. The van der Waals surface area contributed by atoms with Crippen LogP contribution in [0.25, 0.3) is 0 Å². The van der Waals surface area contributed by atoms with Crippen LogP contribution in [0, 0.1) is 25.2 Å². The summed E-state index contributed by atoms with van der Waals surface area (Å²) >= 11 is 0. The Bertz CT molecular complexity index is 389. The summed E-state index contributed by atoms with van der Waals surface area (Å²) in [5, 5.41) is 7.70. The van der Waals surface area contributed by atoms with Crippen molar-refractivity contribution in [1.29, 1.82) is 0 Å². The van der Waals surface area contributed by atoms with Crippen molar-refractivity contribution in [2.75, 3.05) is 0 Å². The zero-order valence-electron chi connectivity index (χ0n) is 12.3. The molecule has 0 aliphatic heterocycles. The van der Waals surface area contributed by atoms with Crippen molar-refractivity contribution in [2.45, 2.75) is 66.5 Å². The molecular formula is C15H26N2O. The first-order valence-corrected chi connectivity index (χ1v) is 7.04. The molecule has 2 atom stereocenters. The first kappa shape index (κ1) is 13.6. The molecule has 1 saturated carbocycles. The van der Waals surface area contributed by atoms with Crippen LogP contribution in [0.5, 0.6) is 0 Å². The fourth-order valence-electron chi connectivity index (χ4n) is 3.24. The predicted octanol–water partition coefficient (Wildman–Crippen LogP) is 3.60. The number of aromatic nitrogens is 1. The molecule has 0 amide bonds. The van der Waals surface area contributed by atoms with Gasteiger partial charge < -0.3 is 9.84 Å². The zero-order chi connectivity index (χ0) is 13.3. The van der Waals surface area contributed by atoms with Crippen molar-refractivity contribution in [2.24, 2.45) is 11.3 Å². The Balaban J connectivity index is 1.92. The molecule has 0 bridgehead atoms. The second-order valence-electron chi connectivity index (χ2n) is 6.67. The summed E-state index contributed by atoms with van der Waals surface area (Å²) in [7, 11) is 0. The second kappa shape index (κ2) is 5.04. The topological polar surface area (TPSA) is 38.1 Å². The van der Waals surface area contributed by atoms with E-state index in [1.807, 2.05) is 13.8 Å². The van der Waals surface area contributed by atoms with Gasteiger partial charge in [-0.3, -0.25) is 0 Å². The largest absolute Gasteiger partial charge is 0.361 e. The lowest BCUT2D eigenvalue weighted by Crippen LogP contribution is -2.41. The van der Waals surface area contributed by atoms with Crippen molar-refractivity contribution in [3.63, 3.8) is 0 Å². The Labute approximate surface area is 110 Å². The molecule has 0 saturated heterocycles. The number of aryl methyl sites for hydroxylation is 2. The molecule has 1 aromatic rings. The summed E-state index contributed by atoms with van der Waals surface area (Å²) in [6.07, 6.45) is 3.90. The first-order valence-electron chi connectivity index (χ1n) is 7.04. The van der Waals surface area contributed by atoms with Crippen LogP contribution in [0.15, 0.2) is 4.52 Å². The predicted molar refractivity (Wildman–Crippen MR) is 73.4 cm³/mol. The third-order valence-electron chi connectivity index (χ3n) is 4.42. The third-order valence-corrected chi connectivity index (χ3v) is 4.42. The molecule has 1 aromatic heterocycles. The Morgan fingerprint density at radius 2 is 2.11 bits per heavy atom. The minimum absolute atomic E-state index is 0.515. The van der Waals surface area contributed by atoms with Crippen molar-refractivity contribution in [3.8, 4) is 0 Å². The average molecular weight is 250 g/mol. The molecule has 1 N–H and O–H groups in total. The van der Waals surface area contributed by atoms with Gasteiger partial charge in [0.25, 0.3) is 0 Å². The lowest BCUT2D eigenvalue weighted by Gasteiger charge is -2.39. The summed E-state index contributed by atoms with van der Waals surface area (Å²) < 4.78 is 5.21. The highest BCUT2D eigenvalue weighted by Crippen LogP contribution is 2.38. The lowest BCUT2D eigenvalue weighted by molar-refractivity contribution is 0.148. The van der Waals surface area contributed by atoms with Crippen molar-refractivity contribution < 1.29 is 4.52 Å². The summed E-state index contributed by atoms with van der Waals surface area (Å²) in [5.74, 6) is 1.69. The summed E-state index contributed by atoms with van der Waals surface area (Å²) in [4.78, 5) is 0. The molecule has 1 aliphatic carbocycles. The van der Waals surface area contributed by atoms with Gasteiger partial charge in [-0.1, -0.05) is 25.9 Å². The minimum atomic E-state index is 0.515. The molecule has 0 spiro atoms. The highest BCUT2D eigenvalue weighted by atomic mass is 16.5. The standard InChI is InChI=1S/C15H26N2O/c1-10-8-15(4,5)7-6-14(10)16-9-13-11(2)17-18-12(13)3/h10,14,16H,6-9H2,1-5H3. The highest BCUT2D eigenvalue weighted by molar-refractivity contribution is 5.20. The Morgan fingerprint density at radius 3 is 2.67 bits per heavy atom. The zero-order valence-corrected chi connectivity index (χ0v) is 12.3. The van der Waals surface area contributed by atoms with Crippen molar-refractivity contribution >= 4 is 0 Å². The molecule has 2 rings (SSSR count). The van der Waals surface area contributed by atoms with Crippen LogP contribution in [-0.4, -0.2) is 11.2 Å². The van der Waals surface area contributed by atoms with Crippen molar-refractivity contribution in [3.05, 3.63) is 17.0 Å². The molecular weight excluding hydrogens is 224 g/mol. The molecule has 0 aromatic carbocycles. The van der Waals surface area contributed by atoms with Gasteiger partial charge in [0.15, 0.2) is 0 Å². The molecule has 18 heavy (non-hydrogen) atoms. The third kappa shape index (κ3) is 2.94. The van der Waals surface area contributed by atoms with Gasteiger partial charge in [0.2, 0.25) is 0 Å². The number of nitrogens with zero attached hydrogens (tertiary/aromatic N) is 1. The van der Waals surface area contributed by atoms with E-state index in [9.17, 15) is 0 Å². The number of hydrogen-bond donors (Lipinski definition) is 1. The van der Waals surface area contributed by atoms with Crippen LogP contribution < -0.4 is 5.32 Å². The van der Waals surface area contributed by atoms with E-state index in [4.69, 9.17) is 4.52 Å². The van der Waals surface area contributed by atoms with E-state index >= 15 is 0 Å². The van der Waals surface area contributed by atoms with Gasteiger partial charge in [-0.15, -0.1) is 0 Å². The smallest absolute Gasteiger partial charge is 0.138 e. The lowest BCUT2D eigenvalue weighted by atomic mass is 9.70. The SMILES string of the molecule is Cc1noc(C)c1CNC1CCC(C)(C)CC1C. The molecule has 2 unspecified atom stereocenters. The number of rotatable bonds is 3. The van der Waals surface area contributed by atoms with E-state index in [0.29, 0.717) is 11.5 Å². The van der Waals surface area contributed by atoms with Gasteiger partial charge >= 0.3 is 0 Å². The maximum Gasteiger partial charge on any atom is 0.138 e. The van der Waals surface area contributed by atoms with Gasteiger partial charge in [-0.2, -0.15) is 0 Å². The summed E-state index contributed by atoms with van der Waals surface area (Å²) in [6, 6.07) is 0.631. The normalized spacial score (nSPS) is 27.4. The second-order valence-corrected chi connectivity index (χ2v) is 6.67. The van der Waals surface area contributed by atoms with E-state index < -0.39 is 0 Å². The number of nitrogens with one attached hydrogen (secondary N) is 1. The number of hydrogen-bond acceptors (Lipinski definition) is 3.